The molecule has 7 heteroatoms. The molecule has 0 radical (unpaired) electrons. The van der Waals surface area contributed by atoms with Crippen LogP contribution in [0.3, 0.4) is 0 Å². The van der Waals surface area contributed by atoms with Gasteiger partial charge in [0.15, 0.2) is 5.82 Å². The van der Waals surface area contributed by atoms with Crippen molar-refractivity contribution in [2.75, 3.05) is 6.54 Å². The molecule has 7 nitrogen and oxygen atoms in total. The minimum atomic E-state index is 0.487. The van der Waals surface area contributed by atoms with Crippen LogP contribution in [0.5, 0.6) is 0 Å². The van der Waals surface area contributed by atoms with Crippen LogP contribution in [0.15, 0.2) is 10.7 Å². The van der Waals surface area contributed by atoms with Gasteiger partial charge in [0.1, 0.15) is 6.54 Å². The first-order valence-corrected chi connectivity index (χ1v) is 6.77. The van der Waals surface area contributed by atoms with Crippen LogP contribution in [0, 0.1) is 0 Å². The van der Waals surface area contributed by atoms with Crippen molar-refractivity contribution in [1.29, 1.82) is 0 Å². The lowest BCUT2D eigenvalue weighted by Gasteiger charge is -1.97. The highest BCUT2D eigenvalue weighted by Crippen LogP contribution is 2.38. The van der Waals surface area contributed by atoms with E-state index >= 15 is 0 Å². The van der Waals surface area contributed by atoms with Crippen LogP contribution in [0.2, 0.25) is 0 Å². The van der Waals surface area contributed by atoms with Crippen LogP contribution in [0.25, 0.3) is 0 Å². The Morgan fingerprint density at radius 2 is 2.37 bits per heavy atom. The van der Waals surface area contributed by atoms with E-state index < -0.39 is 0 Å². The van der Waals surface area contributed by atoms with Crippen molar-refractivity contribution < 1.29 is 4.52 Å². The molecule has 1 aliphatic rings. The second kappa shape index (κ2) is 5.48. The van der Waals surface area contributed by atoms with Crippen molar-refractivity contribution in [3.63, 3.8) is 0 Å². The average molecular weight is 262 g/mol. The first kappa shape index (κ1) is 12.3. The average Bonchev–Trinajstić information content (AvgIpc) is 3.00. The standard InChI is InChI=1S/C12H18N6O/c1-2-5-13-6-10-7-18(17-15-10)8-11-14-12(16-19-11)9-3-4-9/h7,9,13H,2-6,8H2,1H3. The number of hydrogen-bond acceptors (Lipinski definition) is 6. The predicted octanol–water partition coefficient (Wildman–Crippen LogP) is 1.09. The van der Waals surface area contributed by atoms with Gasteiger partial charge in [0.05, 0.1) is 11.9 Å². The van der Waals surface area contributed by atoms with Crippen LogP contribution in [-0.2, 0) is 13.1 Å². The number of nitrogens with one attached hydrogen (secondary N) is 1. The number of hydrogen-bond donors (Lipinski definition) is 1. The third kappa shape index (κ3) is 3.17. The van der Waals surface area contributed by atoms with Crippen LogP contribution < -0.4 is 5.32 Å². The lowest BCUT2D eigenvalue weighted by molar-refractivity contribution is 0.360. The largest absolute Gasteiger partial charge is 0.337 e. The molecule has 102 valence electrons. The van der Waals surface area contributed by atoms with E-state index in [0.717, 1.165) is 31.0 Å². The molecule has 19 heavy (non-hydrogen) atoms. The zero-order valence-electron chi connectivity index (χ0n) is 11.0. The fourth-order valence-corrected chi connectivity index (χ4v) is 1.87. The van der Waals surface area contributed by atoms with E-state index in [1.165, 1.54) is 12.8 Å². The summed E-state index contributed by atoms with van der Waals surface area (Å²) < 4.78 is 6.94. The molecule has 1 saturated carbocycles. The Morgan fingerprint density at radius 1 is 1.47 bits per heavy atom. The number of rotatable bonds is 7. The maximum Gasteiger partial charge on any atom is 0.248 e. The predicted molar refractivity (Wildman–Crippen MR) is 67.4 cm³/mol. The monoisotopic (exact) mass is 262 g/mol. The van der Waals surface area contributed by atoms with Gasteiger partial charge in [0, 0.05) is 12.5 Å². The quantitative estimate of drug-likeness (QED) is 0.752. The van der Waals surface area contributed by atoms with Crippen molar-refractivity contribution in [2.45, 2.75) is 45.2 Å². The molecule has 1 N–H and O–H groups in total. The summed E-state index contributed by atoms with van der Waals surface area (Å²) in [4.78, 5) is 4.37. The molecule has 2 aromatic heterocycles. The van der Waals surface area contributed by atoms with Crippen molar-refractivity contribution in [2.24, 2.45) is 0 Å². The van der Waals surface area contributed by atoms with Crippen molar-refractivity contribution in [1.82, 2.24) is 30.5 Å². The molecule has 0 amide bonds. The third-order valence-corrected chi connectivity index (χ3v) is 3.04. The third-order valence-electron chi connectivity index (χ3n) is 3.04. The highest BCUT2D eigenvalue weighted by Gasteiger charge is 2.28. The molecule has 0 bridgehead atoms. The maximum absolute atomic E-state index is 5.21. The zero-order chi connectivity index (χ0) is 13.1. The Kier molecular flexibility index (Phi) is 3.54. The molecule has 2 heterocycles. The molecule has 1 fully saturated rings. The highest BCUT2D eigenvalue weighted by molar-refractivity contribution is 5.03. The van der Waals surface area contributed by atoms with Gasteiger partial charge < -0.3 is 9.84 Å². The Bertz CT molecular complexity index is 530. The molecule has 0 unspecified atom stereocenters. The van der Waals surface area contributed by atoms with Gasteiger partial charge >= 0.3 is 0 Å². The zero-order valence-corrected chi connectivity index (χ0v) is 11.0. The van der Waals surface area contributed by atoms with Crippen LogP contribution in [0.4, 0.5) is 0 Å². The van der Waals surface area contributed by atoms with E-state index in [2.05, 4.69) is 32.7 Å². The molecule has 0 saturated heterocycles. The van der Waals surface area contributed by atoms with Crippen LogP contribution >= 0.6 is 0 Å². The smallest absolute Gasteiger partial charge is 0.248 e. The number of aromatic nitrogens is 5. The lowest BCUT2D eigenvalue weighted by Crippen LogP contribution is -2.13. The van der Waals surface area contributed by atoms with Gasteiger partial charge in [0.2, 0.25) is 5.89 Å². The molecule has 0 aromatic carbocycles. The van der Waals surface area contributed by atoms with Gasteiger partial charge in [-0.2, -0.15) is 4.98 Å². The topological polar surface area (TPSA) is 81.7 Å². The van der Waals surface area contributed by atoms with Gasteiger partial charge in [0.25, 0.3) is 0 Å². The van der Waals surface area contributed by atoms with Crippen molar-refractivity contribution in [3.05, 3.63) is 23.6 Å². The SMILES string of the molecule is CCCNCc1cn(Cc2nc(C3CC3)no2)nn1. The second-order valence-corrected chi connectivity index (χ2v) is 4.90. The molecule has 0 atom stereocenters. The molecule has 1 aliphatic carbocycles. The summed E-state index contributed by atoms with van der Waals surface area (Å²) in [6.07, 6.45) is 5.37. The van der Waals surface area contributed by atoms with Gasteiger partial charge in [-0.3, -0.25) is 0 Å². The maximum atomic E-state index is 5.21. The minimum Gasteiger partial charge on any atom is -0.337 e. The summed E-state index contributed by atoms with van der Waals surface area (Å²) in [6, 6.07) is 0. The first-order chi connectivity index (χ1) is 9.35. The summed E-state index contributed by atoms with van der Waals surface area (Å²) >= 11 is 0. The van der Waals surface area contributed by atoms with E-state index in [-0.39, 0.29) is 0 Å². The minimum absolute atomic E-state index is 0.487. The second-order valence-electron chi connectivity index (χ2n) is 4.90. The summed E-state index contributed by atoms with van der Waals surface area (Å²) in [5.74, 6) is 1.95. The highest BCUT2D eigenvalue weighted by atomic mass is 16.5. The Balaban J connectivity index is 1.56. The van der Waals surface area contributed by atoms with Gasteiger partial charge in [-0.25, -0.2) is 4.68 Å². The van der Waals surface area contributed by atoms with E-state index in [9.17, 15) is 0 Å². The molecule has 2 aromatic rings. The first-order valence-electron chi connectivity index (χ1n) is 6.77. The number of nitrogens with zero attached hydrogens (tertiary/aromatic N) is 5. The normalized spacial score (nSPS) is 15.0. The Hall–Kier alpha value is -1.76. The van der Waals surface area contributed by atoms with Crippen molar-refractivity contribution in [3.8, 4) is 0 Å². The van der Waals surface area contributed by atoms with E-state index in [0.29, 0.717) is 18.4 Å². The summed E-state index contributed by atoms with van der Waals surface area (Å²) in [7, 11) is 0. The van der Waals surface area contributed by atoms with Gasteiger partial charge in [-0.1, -0.05) is 17.3 Å². The molecular weight excluding hydrogens is 244 g/mol. The Morgan fingerprint density at radius 3 is 3.16 bits per heavy atom. The molecule has 0 spiro atoms. The fraction of sp³-hybridized carbons (Fsp3) is 0.667. The molecule has 3 rings (SSSR count). The molecular formula is C12H18N6O. The van der Waals surface area contributed by atoms with E-state index in [1.807, 2.05) is 6.20 Å². The van der Waals surface area contributed by atoms with E-state index in [4.69, 9.17) is 4.52 Å². The summed E-state index contributed by atoms with van der Waals surface area (Å²) in [6.45, 7) is 4.35. The van der Waals surface area contributed by atoms with Crippen LogP contribution in [-0.4, -0.2) is 31.7 Å². The van der Waals surface area contributed by atoms with Gasteiger partial charge in [-0.15, -0.1) is 5.10 Å². The van der Waals surface area contributed by atoms with Crippen molar-refractivity contribution >= 4 is 0 Å². The lowest BCUT2D eigenvalue weighted by atomic mass is 10.4. The Labute approximate surface area is 111 Å². The van der Waals surface area contributed by atoms with Crippen LogP contribution in [0.1, 0.15) is 49.5 Å². The fourth-order valence-electron chi connectivity index (χ4n) is 1.87. The molecule has 0 aliphatic heterocycles. The van der Waals surface area contributed by atoms with Gasteiger partial charge in [-0.05, 0) is 25.8 Å². The summed E-state index contributed by atoms with van der Waals surface area (Å²) in [5, 5.41) is 15.4. The summed E-state index contributed by atoms with van der Waals surface area (Å²) in [5.41, 5.74) is 0.926. The van der Waals surface area contributed by atoms with E-state index in [1.54, 1.807) is 4.68 Å².